The number of rotatable bonds is 8. The molecule has 1 aromatic carbocycles. The van der Waals surface area contributed by atoms with Gasteiger partial charge in [-0.15, -0.1) is 0 Å². The second-order valence-electron chi connectivity index (χ2n) is 7.92. The number of pyridine rings is 2. The Hall–Kier alpha value is -3.83. The van der Waals surface area contributed by atoms with E-state index < -0.39 is 5.82 Å². The second-order valence-corrected chi connectivity index (χ2v) is 7.92. The van der Waals surface area contributed by atoms with Crippen LogP contribution in [0.2, 0.25) is 0 Å². The van der Waals surface area contributed by atoms with Gasteiger partial charge in [-0.3, -0.25) is 9.78 Å². The van der Waals surface area contributed by atoms with Crippen molar-refractivity contribution in [3.05, 3.63) is 71.6 Å². The fourth-order valence-electron chi connectivity index (χ4n) is 3.88. The largest absolute Gasteiger partial charge is 0.481 e. The first kappa shape index (κ1) is 26.8. The van der Waals surface area contributed by atoms with E-state index in [-0.39, 0.29) is 42.9 Å². The van der Waals surface area contributed by atoms with Crippen LogP contribution < -0.4 is 15.4 Å². The monoisotopic (exact) mass is 510 g/mol. The van der Waals surface area contributed by atoms with Gasteiger partial charge in [-0.05, 0) is 23.8 Å². The highest BCUT2D eigenvalue weighted by atomic mass is 32.1. The molecule has 3 heterocycles. The van der Waals surface area contributed by atoms with Crippen LogP contribution in [0.5, 0.6) is 5.88 Å². The lowest BCUT2D eigenvalue weighted by Crippen LogP contribution is -2.19. The molecular formula is C25H27FN6O3S. The van der Waals surface area contributed by atoms with Crippen molar-refractivity contribution < 1.29 is 19.0 Å². The highest BCUT2D eigenvalue weighted by Crippen LogP contribution is 2.29. The third kappa shape index (κ3) is 5.37. The van der Waals surface area contributed by atoms with E-state index in [1.165, 1.54) is 38.8 Å². The Kier molecular flexibility index (Phi) is 8.73. The molecule has 0 bridgehead atoms. The van der Waals surface area contributed by atoms with Gasteiger partial charge in [0, 0.05) is 54.5 Å². The smallest absolute Gasteiger partial charge is 0.251 e. The number of benzene rings is 1. The first-order valence-corrected chi connectivity index (χ1v) is 11.0. The summed E-state index contributed by atoms with van der Waals surface area (Å²) in [7, 11) is 3.00. The number of carbonyl (C=O) groups is 1. The quantitative estimate of drug-likeness (QED) is 0.330. The predicted molar refractivity (Wildman–Crippen MR) is 140 cm³/mol. The Morgan fingerprint density at radius 1 is 1.17 bits per heavy atom. The number of nitrogens with one attached hydrogen (secondary N) is 2. The number of methoxy groups -OCH3 is 1. The number of halogens is 1. The van der Waals surface area contributed by atoms with Crippen LogP contribution in [0.15, 0.2) is 49.1 Å². The minimum atomic E-state index is -0.494. The molecule has 36 heavy (non-hydrogen) atoms. The number of amides is 1. The Balaban J connectivity index is 0.00000361. The van der Waals surface area contributed by atoms with Gasteiger partial charge in [0.25, 0.3) is 5.91 Å². The number of ether oxygens (including phenoxy) is 1. The molecule has 3 N–H and O–H groups in total. The van der Waals surface area contributed by atoms with Crippen LogP contribution in [0.25, 0.3) is 22.2 Å². The van der Waals surface area contributed by atoms with Crippen LogP contribution in [0.1, 0.15) is 34.3 Å². The number of carbonyl (C=O) groups excluding carboxylic acids is 1. The number of aliphatic hydroxyl groups is 1. The highest BCUT2D eigenvalue weighted by Gasteiger charge is 2.19. The predicted octanol–water partition coefficient (Wildman–Crippen LogP) is 3.41. The summed E-state index contributed by atoms with van der Waals surface area (Å²) in [5.41, 5.74) is 3.39. The van der Waals surface area contributed by atoms with E-state index in [1.54, 1.807) is 24.4 Å². The normalized spacial score (nSPS) is 11.5. The van der Waals surface area contributed by atoms with E-state index in [4.69, 9.17) is 4.74 Å². The van der Waals surface area contributed by atoms with Crippen molar-refractivity contribution in [1.29, 1.82) is 0 Å². The lowest BCUT2D eigenvalue weighted by molar-refractivity contribution is 0.0964. The second kappa shape index (κ2) is 11.7. The lowest BCUT2D eigenvalue weighted by Gasteiger charge is -2.17. The number of anilines is 1. The SMILES string of the molecule is CNC(=O)c1ccnc2c([C@H](C)CNc3cc(-c4cnc(OC)c(CO)c4)ncn3)ccc(F)c12.S. The molecule has 0 aliphatic rings. The maximum atomic E-state index is 14.7. The van der Waals surface area contributed by atoms with Crippen LogP contribution in [0.4, 0.5) is 10.2 Å². The van der Waals surface area contributed by atoms with Gasteiger partial charge in [-0.2, -0.15) is 13.5 Å². The van der Waals surface area contributed by atoms with E-state index in [9.17, 15) is 14.3 Å². The molecule has 188 valence electrons. The summed E-state index contributed by atoms with van der Waals surface area (Å²) in [6, 6.07) is 8.11. The molecule has 0 aliphatic carbocycles. The van der Waals surface area contributed by atoms with Gasteiger partial charge in [0.05, 0.1) is 30.5 Å². The van der Waals surface area contributed by atoms with E-state index in [1.807, 2.05) is 6.92 Å². The van der Waals surface area contributed by atoms with Crippen molar-refractivity contribution in [1.82, 2.24) is 25.3 Å². The Bertz CT molecular complexity index is 1390. The number of hydrogen-bond donors (Lipinski definition) is 3. The van der Waals surface area contributed by atoms with Crippen LogP contribution in [-0.2, 0) is 6.61 Å². The van der Waals surface area contributed by atoms with Crippen molar-refractivity contribution in [3.63, 3.8) is 0 Å². The Labute approximate surface area is 214 Å². The fraction of sp³-hybridized carbons (Fsp3) is 0.240. The Morgan fingerprint density at radius 2 is 1.97 bits per heavy atom. The van der Waals surface area contributed by atoms with Crippen molar-refractivity contribution in [3.8, 4) is 17.1 Å². The van der Waals surface area contributed by atoms with Crippen LogP contribution in [0.3, 0.4) is 0 Å². The zero-order valence-electron chi connectivity index (χ0n) is 20.0. The van der Waals surface area contributed by atoms with Gasteiger partial charge in [0.1, 0.15) is 18.0 Å². The molecule has 0 unspecified atom stereocenters. The molecule has 0 aliphatic heterocycles. The van der Waals surface area contributed by atoms with E-state index in [0.29, 0.717) is 40.6 Å². The molecule has 1 amide bonds. The average molecular weight is 511 g/mol. The minimum absolute atomic E-state index is 0. The molecule has 0 spiro atoms. The average Bonchev–Trinajstić information content (AvgIpc) is 2.90. The zero-order chi connectivity index (χ0) is 24.9. The standard InChI is InChI=1S/C25H25FN6O3.H2S/c1-14(17-4-5-19(26)22-18(24(34)27-2)6-7-28-23(17)22)10-29-21-9-20(31-13-32-21)15-8-16(12-33)25(35-3)30-11-15;/h4-9,11,13-14,33H,10,12H2,1-3H3,(H,27,34)(H,29,31,32);1H2/t14-;/m1./s1. The van der Waals surface area contributed by atoms with Gasteiger partial charge >= 0.3 is 0 Å². The van der Waals surface area contributed by atoms with Gasteiger partial charge in [-0.25, -0.2) is 19.3 Å². The number of nitrogens with zero attached hydrogens (tertiary/aromatic N) is 4. The fourth-order valence-corrected chi connectivity index (χ4v) is 3.88. The molecule has 4 rings (SSSR count). The van der Waals surface area contributed by atoms with Crippen molar-refractivity contribution in [2.24, 2.45) is 0 Å². The topological polar surface area (TPSA) is 122 Å². The summed E-state index contributed by atoms with van der Waals surface area (Å²) in [6.45, 7) is 2.25. The third-order valence-corrected chi connectivity index (χ3v) is 5.72. The van der Waals surface area contributed by atoms with Crippen LogP contribution in [-0.4, -0.2) is 51.7 Å². The summed E-state index contributed by atoms with van der Waals surface area (Å²) < 4.78 is 19.8. The molecule has 11 heteroatoms. The summed E-state index contributed by atoms with van der Waals surface area (Å²) in [6.07, 6.45) is 4.57. The number of aliphatic hydroxyl groups excluding tert-OH is 1. The molecule has 0 saturated heterocycles. The van der Waals surface area contributed by atoms with Crippen molar-refractivity contribution in [2.45, 2.75) is 19.4 Å². The molecular weight excluding hydrogens is 483 g/mol. The molecule has 0 radical (unpaired) electrons. The summed E-state index contributed by atoms with van der Waals surface area (Å²) in [4.78, 5) is 29.4. The van der Waals surface area contributed by atoms with E-state index in [2.05, 4.69) is 30.6 Å². The van der Waals surface area contributed by atoms with E-state index in [0.717, 1.165) is 5.56 Å². The van der Waals surface area contributed by atoms with Gasteiger partial charge < -0.3 is 20.5 Å². The molecule has 3 aromatic heterocycles. The summed E-state index contributed by atoms with van der Waals surface area (Å²) >= 11 is 0. The zero-order valence-corrected chi connectivity index (χ0v) is 21.0. The van der Waals surface area contributed by atoms with Crippen LogP contribution in [0, 0.1) is 5.82 Å². The van der Waals surface area contributed by atoms with Crippen molar-refractivity contribution in [2.75, 3.05) is 26.0 Å². The first-order chi connectivity index (χ1) is 17.0. The number of fused-ring (bicyclic) bond motifs is 1. The molecule has 9 nitrogen and oxygen atoms in total. The first-order valence-electron chi connectivity index (χ1n) is 11.0. The van der Waals surface area contributed by atoms with Gasteiger partial charge in [-0.1, -0.05) is 13.0 Å². The molecule has 0 fully saturated rings. The summed E-state index contributed by atoms with van der Waals surface area (Å²) in [5.74, 6) is 0.00921. The maximum absolute atomic E-state index is 14.7. The number of aromatic nitrogens is 4. The van der Waals surface area contributed by atoms with Crippen molar-refractivity contribution >= 4 is 36.1 Å². The molecule has 0 saturated carbocycles. The number of hydrogen-bond acceptors (Lipinski definition) is 8. The third-order valence-electron chi connectivity index (χ3n) is 5.72. The summed E-state index contributed by atoms with van der Waals surface area (Å²) in [5, 5.41) is 15.6. The maximum Gasteiger partial charge on any atom is 0.251 e. The van der Waals surface area contributed by atoms with Gasteiger partial charge in [0.2, 0.25) is 5.88 Å². The minimum Gasteiger partial charge on any atom is -0.481 e. The van der Waals surface area contributed by atoms with Gasteiger partial charge in [0.15, 0.2) is 0 Å². The highest BCUT2D eigenvalue weighted by molar-refractivity contribution is 7.59. The molecule has 4 aromatic rings. The molecule has 1 atom stereocenters. The van der Waals surface area contributed by atoms with Crippen LogP contribution >= 0.6 is 13.5 Å². The Morgan fingerprint density at radius 3 is 2.69 bits per heavy atom. The van der Waals surface area contributed by atoms with E-state index >= 15 is 0 Å². The lowest BCUT2D eigenvalue weighted by atomic mass is 9.95.